The Morgan fingerprint density at radius 2 is 2.17 bits per heavy atom. The van der Waals surface area contributed by atoms with Gasteiger partial charge in [-0.15, -0.1) is 11.6 Å². The van der Waals surface area contributed by atoms with E-state index in [0.717, 1.165) is 23.3 Å². The average molecular weight is 262 g/mol. The normalized spacial score (nSPS) is 11.7. The maximum absolute atomic E-state index is 9.01. The predicted octanol–water partition coefficient (Wildman–Crippen LogP) is 3.79. The molecule has 2 rings (SSSR count). The van der Waals surface area contributed by atoms with Gasteiger partial charge in [0.2, 0.25) is 0 Å². The first-order valence-electron chi connectivity index (χ1n) is 6.01. The fraction of sp³-hybridized carbons (Fsp3) is 0.429. The lowest BCUT2D eigenvalue weighted by Crippen LogP contribution is -2.26. The molecule has 0 unspecified atom stereocenters. The fourth-order valence-electron chi connectivity index (χ4n) is 2.12. The standard InChI is InChI=1S/C14H16ClN3/c1-4-14(2,3)18-12-7-10(9-16)5-6-11(12)17-13(18)8-15/h5-7H,4,8H2,1-3H3. The van der Waals surface area contributed by atoms with Crippen LogP contribution in [0, 0.1) is 11.3 Å². The largest absolute Gasteiger partial charge is 0.321 e. The number of aromatic nitrogens is 2. The van der Waals surface area contributed by atoms with Crippen LogP contribution in [-0.4, -0.2) is 9.55 Å². The average Bonchev–Trinajstić information content (AvgIpc) is 2.76. The molecule has 3 nitrogen and oxygen atoms in total. The Bertz CT molecular complexity index is 620. The van der Waals surface area contributed by atoms with Gasteiger partial charge in [0.1, 0.15) is 5.82 Å². The van der Waals surface area contributed by atoms with Crippen LogP contribution >= 0.6 is 11.6 Å². The number of halogens is 1. The summed E-state index contributed by atoms with van der Waals surface area (Å²) in [5, 5.41) is 9.01. The van der Waals surface area contributed by atoms with Gasteiger partial charge in [-0.2, -0.15) is 5.26 Å². The number of nitrogens with zero attached hydrogens (tertiary/aromatic N) is 3. The van der Waals surface area contributed by atoms with Crippen molar-refractivity contribution < 1.29 is 0 Å². The number of rotatable bonds is 3. The molecule has 0 spiro atoms. The molecular formula is C14H16ClN3. The van der Waals surface area contributed by atoms with Gasteiger partial charge in [0, 0.05) is 5.54 Å². The molecule has 1 aromatic heterocycles. The van der Waals surface area contributed by atoms with Crippen LogP contribution in [0.15, 0.2) is 18.2 Å². The zero-order valence-corrected chi connectivity index (χ0v) is 11.6. The van der Waals surface area contributed by atoms with Crippen LogP contribution in [0.1, 0.15) is 38.6 Å². The molecule has 1 heterocycles. The molecule has 0 aliphatic heterocycles. The van der Waals surface area contributed by atoms with Crippen LogP contribution in [0.5, 0.6) is 0 Å². The molecule has 0 aliphatic rings. The third-order valence-electron chi connectivity index (χ3n) is 3.44. The van der Waals surface area contributed by atoms with E-state index in [1.54, 1.807) is 6.07 Å². The highest BCUT2D eigenvalue weighted by molar-refractivity contribution is 6.16. The quantitative estimate of drug-likeness (QED) is 0.789. The second-order valence-corrected chi connectivity index (χ2v) is 5.25. The second kappa shape index (κ2) is 4.62. The fourth-order valence-corrected chi connectivity index (χ4v) is 2.30. The Morgan fingerprint density at radius 3 is 2.72 bits per heavy atom. The molecule has 94 valence electrons. The third kappa shape index (κ3) is 1.97. The molecule has 18 heavy (non-hydrogen) atoms. The van der Waals surface area contributed by atoms with Crippen molar-refractivity contribution in [3.05, 3.63) is 29.6 Å². The summed E-state index contributed by atoms with van der Waals surface area (Å²) in [5.41, 5.74) is 2.46. The maximum atomic E-state index is 9.01. The Kier molecular flexibility index (Phi) is 3.32. The minimum Gasteiger partial charge on any atom is -0.321 e. The van der Waals surface area contributed by atoms with Crippen LogP contribution in [-0.2, 0) is 11.4 Å². The summed E-state index contributed by atoms with van der Waals surface area (Å²) in [6.07, 6.45) is 0.971. The van der Waals surface area contributed by atoms with Crippen LogP contribution < -0.4 is 0 Å². The van der Waals surface area contributed by atoms with Crippen molar-refractivity contribution in [2.24, 2.45) is 0 Å². The summed E-state index contributed by atoms with van der Waals surface area (Å²) in [4.78, 5) is 4.54. The molecule has 0 N–H and O–H groups in total. The van der Waals surface area contributed by atoms with Crippen molar-refractivity contribution in [2.45, 2.75) is 38.6 Å². The van der Waals surface area contributed by atoms with E-state index in [0.29, 0.717) is 11.4 Å². The molecule has 0 saturated carbocycles. The summed E-state index contributed by atoms with van der Waals surface area (Å²) in [5.74, 6) is 1.23. The highest BCUT2D eigenvalue weighted by atomic mass is 35.5. The van der Waals surface area contributed by atoms with E-state index in [-0.39, 0.29) is 5.54 Å². The number of hydrogen-bond donors (Lipinski definition) is 0. The van der Waals surface area contributed by atoms with Crippen LogP contribution in [0.25, 0.3) is 11.0 Å². The molecule has 0 radical (unpaired) electrons. The SMILES string of the molecule is CCC(C)(C)n1c(CCl)nc2ccc(C#N)cc21. The number of hydrogen-bond acceptors (Lipinski definition) is 2. The van der Waals surface area contributed by atoms with Gasteiger partial charge in [-0.05, 0) is 38.5 Å². The first kappa shape index (κ1) is 12.9. The van der Waals surface area contributed by atoms with Gasteiger partial charge in [0.05, 0.1) is 28.5 Å². The molecular weight excluding hydrogens is 246 g/mol. The Labute approximate surface area is 112 Å². The van der Waals surface area contributed by atoms with Gasteiger partial charge in [0.25, 0.3) is 0 Å². The summed E-state index contributed by atoms with van der Waals surface area (Å²) in [7, 11) is 0. The topological polar surface area (TPSA) is 41.6 Å². The lowest BCUT2D eigenvalue weighted by molar-refractivity contribution is 0.344. The van der Waals surface area contributed by atoms with Gasteiger partial charge >= 0.3 is 0 Å². The van der Waals surface area contributed by atoms with Crippen molar-refractivity contribution in [3.8, 4) is 6.07 Å². The summed E-state index contributed by atoms with van der Waals surface area (Å²) in [6.45, 7) is 6.45. The summed E-state index contributed by atoms with van der Waals surface area (Å²) in [6, 6.07) is 7.72. The van der Waals surface area contributed by atoms with E-state index in [9.17, 15) is 0 Å². The zero-order valence-electron chi connectivity index (χ0n) is 10.9. The Hall–Kier alpha value is -1.53. The van der Waals surface area contributed by atoms with Gasteiger partial charge in [-0.25, -0.2) is 4.98 Å². The van der Waals surface area contributed by atoms with Crippen LogP contribution in [0.2, 0.25) is 0 Å². The second-order valence-electron chi connectivity index (χ2n) is 4.98. The van der Waals surface area contributed by atoms with Gasteiger partial charge in [-0.3, -0.25) is 0 Å². The third-order valence-corrected chi connectivity index (χ3v) is 3.68. The maximum Gasteiger partial charge on any atom is 0.125 e. The first-order chi connectivity index (χ1) is 8.53. The minimum atomic E-state index is -0.0624. The molecule has 2 aromatic rings. The molecule has 0 bridgehead atoms. The molecule has 1 aromatic carbocycles. The van der Waals surface area contributed by atoms with Gasteiger partial charge in [-0.1, -0.05) is 6.92 Å². The van der Waals surface area contributed by atoms with E-state index in [1.165, 1.54) is 0 Å². The highest BCUT2D eigenvalue weighted by Crippen LogP contribution is 2.29. The van der Waals surface area contributed by atoms with Gasteiger partial charge in [0.15, 0.2) is 0 Å². The van der Waals surface area contributed by atoms with Crippen molar-refractivity contribution in [1.29, 1.82) is 5.26 Å². The molecule has 0 atom stereocenters. The Morgan fingerprint density at radius 1 is 1.44 bits per heavy atom. The van der Waals surface area contributed by atoms with E-state index in [1.807, 2.05) is 12.1 Å². The van der Waals surface area contributed by atoms with Crippen molar-refractivity contribution in [3.63, 3.8) is 0 Å². The monoisotopic (exact) mass is 261 g/mol. The summed E-state index contributed by atoms with van der Waals surface area (Å²) < 4.78 is 2.15. The minimum absolute atomic E-state index is 0.0624. The van der Waals surface area contributed by atoms with E-state index in [2.05, 4.69) is 36.4 Å². The van der Waals surface area contributed by atoms with E-state index in [4.69, 9.17) is 16.9 Å². The number of nitriles is 1. The first-order valence-corrected chi connectivity index (χ1v) is 6.55. The van der Waals surface area contributed by atoms with Gasteiger partial charge < -0.3 is 4.57 Å². The number of imidazole rings is 1. The number of fused-ring (bicyclic) bond motifs is 1. The molecule has 0 amide bonds. The summed E-state index contributed by atoms with van der Waals surface area (Å²) >= 11 is 5.99. The van der Waals surface area contributed by atoms with E-state index < -0.39 is 0 Å². The zero-order chi connectivity index (χ0) is 13.3. The van der Waals surface area contributed by atoms with Crippen molar-refractivity contribution in [1.82, 2.24) is 9.55 Å². The van der Waals surface area contributed by atoms with Crippen LogP contribution in [0.3, 0.4) is 0 Å². The Balaban J connectivity index is 2.79. The van der Waals surface area contributed by atoms with E-state index >= 15 is 0 Å². The molecule has 4 heteroatoms. The van der Waals surface area contributed by atoms with Crippen molar-refractivity contribution in [2.75, 3.05) is 0 Å². The number of benzene rings is 1. The predicted molar refractivity (Wildman–Crippen MR) is 73.6 cm³/mol. The lowest BCUT2D eigenvalue weighted by atomic mass is 10.0. The molecule has 0 aliphatic carbocycles. The molecule has 0 saturated heterocycles. The van der Waals surface area contributed by atoms with Crippen LogP contribution in [0.4, 0.5) is 0 Å². The lowest BCUT2D eigenvalue weighted by Gasteiger charge is -2.27. The smallest absolute Gasteiger partial charge is 0.125 e. The van der Waals surface area contributed by atoms with Crippen molar-refractivity contribution >= 4 is 22.6 Å². The number of alkyl halides is 1. The molecule has 0 fully saturated rings. The highest BCUT2D eigenvalue weighted by Gasteiger charge is 2.24.